The Morgan fingerprint density at radius 1 is 1.25 bits per heavy atom. The molecule has 0 aliphatic heterocycles. The lowest BCUT2D eigenvalue weighted by Crippen LogP contribution is -2.41. The molecular formula is C15H15F2NO2. The molecular weight excluding hydrogens is 264 g/mol. The van der Waals surface area contributed by atoms with Gasteiger partial charge in [0.1, 0.15) is 6.04 Å². The number of fused-ring (bicyclic) bond motifs is 1. The molecule has 0 fully saturated rings. The molecule has 0 saturated carbocycles. The topological polar surface area (TPSA) is 52.3 Å². The SMILES string of the molecule is CCOC(=O)C(F)(F)[C@@H](N)c1ccc2ccccc2c1. The molecule has 0 aliphatic carbocycles. The maximum Gasteiger partial charge on any atom is 0.379 e. The largest absolute Gasteiger partial charge is 0.462 e. The monoisotopic (exact) mass is 279 g/mol. The van der Waals surface area contributed by atoms with Crippen molar-refractivity contribution in [3.05, 3.63) is 48.0 Å². The van der Waals surface area contributed by atoms with Gasteiger partial charge in [-0.05, 0) is 29.3 Å². The van der Waals surface area contributed by atoms with Crippen molar-refractivity contribution in [1.82, 2.24) is 0 Å². The van der Waals surface area contributed by atoms with Gasteiger partial charge in [-0.15, -0.1) is 0 Å². The molecule has 0 aromatic heterocycles. The highest BCUT2D eigenvalue weighted by Crippen LogP contribution is 2.32. The number of nitrogens with two attached hydrogens (primary N) is 1. The van der Waals surface area contributed by atoms with Gasteiger partial charge in [-0.3, -0.25) is 0 Å². The predicted molar refractivity (Wildman–Crippen MR) is 72.5 cm³/mol. The molecule has 20 heavy (non-hydrogen) atoms. The van der Waals surface area contributed by atoms with Crippen LogP contribution in [0.3, 0.4) is 0 Å². The van der Waals surface area contributed by atoms with Gasteiger partial charge in [-0.25, -0.2) is 4.79 Å². The number of halogens is 2. The number of esters is 1. The van der Waals surface area contributed by atoms with E-state index >= 15 is 0 Å². The fourth-order valence-electron chi connectivity index (χ4n) is 1.96. The molecule has 1 atom stereocenters. The Morgan fingerprint density at radius 2 is 1.90 bits per heavy atom. The minimum Gasteiger partial charge on any atom is -0.462 e. The van der Waals surface area contributed by atoms with Crippen LogP contribution in [0.15, 0.2) is 42.5 Å². The van der Waals surface area contributed by atoms with E-state index in [0.29, 0.717) is 0 Å². The molecule has 0 saturated heterocycles. The van der Waals surface area contributed by atoms with Gasteiger partial charge in [0.15, 0.2) is 0 Å². The van der Waals surface area contributed by atoms with Crippen LogP contribution in [0.1, 0.15) is 18.5 Å². The van der Waals surface area contributed by atoms with Crippen LogP contribution in [-0.2, 0) is 9.53 Å². The zero-order valence-corrected chi connectivity index (χ0v) is 11.0. The smallest absolute Gasteiger partial charge is 0.379 e. The Morgan fingerprint density at radius 3 is 2.55 bits per heavy atom. The van der Waals surface area contributed by atoms with Crippen LogP contribution in [0.5, 0.6) is 0 Å². The third-order valence-corrected chi connectivity index (χ3v) is 3.07. The summed E-state index contributed by atoms with van der Waals surface area (Å²) in [5, 5.41) is 1.71. The van der Waals surface area contributed by atoms with Crippen LogP contribution >= 0.6 is 0 Å². The number of benzene rings is 2. The van der Waals surface area contributed by atoms with E-state index in [1.165, 1.54) is 13.0 Å². The summed E-state index contributed by atoms with van der Waals surface area (Å²) >= 11 is 0. The quantitative estimate of drug-likeness (QED) is 0.875. The maximum absolute atomic E-state index is 13.9. The summed E-state index contributed by atoms with van der Waals surface area (Å²) in [6.07, 6.45) is 0. The van der Waals surface area contributed by atoms with Gasteiger partial charge in [0.05, 0.1) is 6.61 Å². The molecule has 0 amide bonds. The Bertz CT molecular complexity index is 628. The number of rotatable bonds is 4. The van der Waals surface area contributed by atoms with E-state index < -0.39 is 17.9 Å². The van der Waals surface area contributed by atoms with E-state index in [-0.39, 0.29) is 12.2 Å². The molecule has 0 aliphatic rings. The molecule has 2 rings (SSSR count). The van der Waals surface area contributed by atoms with Crippen molar-refractivity contribution >= 4 is 16.7 Å². The van der Waals surface area contributed by atoms with Crippen molar-refractivity contribution < 1.29 is 18.3 Å². The minimum absolute atomic E-state index is 0.112. The Labute approximate surface area is 115 Å². The Kier molecular flexibility index (Phi) is 3.99. The molecule has 0 spiro atoms. The number of ether oxygens (including phenoxy) is 1. The summed E-state index contributed by atoms with van der Waals surface area (Å²) in [7, 11) is 0. The first-order valence-electron chi connectivity index (χ1n) is 6.26. The highest BCUT2D eigenvalue weighted by atomic mass is 19.3. The molecule has 0 bridgehead atoms. The second-order valence-corrected chi connectivity index (χ2v) is 4.43. The van der Waals surface area contributed by atoms with Crippen molar-refractivity contribution in [2.24, 2.45) is 5.73 Å². The first kappa shape index (κ1) is 14.4. The van der Waals surface area contributed by atoms with Crippen molar-refractivity contribution in [3.63, 3.8) is 0 Å². The van der Waals surface area contributed by atoms with Crippen LogP contribution in [0.4, 0.5) is 8.78 Å². The van der Waals surface area contributed by atoms with E-state index in [9.17, 15) is 13.6 Å². The maximum atomic E-state index is 13.9. The molecule has 0 radical (unpaired) electrons. The molecule has 2 aromatic rings. The van der Waals surface area contributed by atoms with Gasteiger partial charge >= 0.3 is 11.9 Å². The number of alkyl halides is 2. The van der Waals surface area contributed by atoms with Crippen LogP contribution < -0.4 is 5.73 Å². The summed E-state index contributed by atoms with van der Waals surface area (Å²) in [6, 6.07) is 10.4. The van der Waals surface area contributed by atoms with E-state index in [1.807, 2.05) is 12.1 Å². The Balaban J connectivity index is 2.35. The van der Waals surface area contributed by atoms with Crippen LogP contribution in [0.25, 0.3) is 10.8 Å². The predicted octanol–water partition coefficient (Wildman–Crippen LogP) is 3.04. The normalized spacial score (nSPS) is 13.2. The summed E-state index contributed by atoms with van der Waals surface area (Å²) in [5.41, 5.74) is 5.74. The van der Waals surface area contributed by atoms with Gasteiger partial charge in [0.25, 0.3) is 0 Å². The second-order valence-electron chi connectivity index (χ2n) is 4.43. The highest BCUT2D eigenvalue weighted by Gasteiger charge is 2.47. The van der Waals surface area contributed by atoms with E-state index in [0.717, 1.165) is 10.8 Å². The lowest BCUT2D eigenvalue weighted by molar-refractivity contribution is -0.174. The fraction of sp³-hybridized carbons (Fsp3) is 0.267. The van der Waals surface area contributed by atoms with E-state index in [4.69, 9.17) is 5.73 Å². The van der Waals surface area contributed by atoms with Gasteiger partial charge in [-0.1, -0.05) is 36.4 Å². The van der Waals surface area contributed by atoms with Gasteiger partial charge < -0.3 is 10.5 Å². The Hall–Kier alpha value is -2.01. The minimum atomic E-state index is -3.75. The highest BCUT2D eigenvalue weighted by molar-refractivity contribution is 5.84. The van der Waals surface area contributed by atoms with Crippen LogP contribution in [0, 0.1) is 0 Å². The lowest BCUT2D eigenvalue weighted by Gasteiger charge is -2.22. The molecule has 2 N–H and O–H groups in total. The molecule has 0 heterocycles. The number of carbonyl (C=O) groups is 1. The molecule has 3 nitrogen and oxygen atoms in total. The second kappa shape index (κ2) is 5.54. The average molecular weight is 279 g/mol. The van der Waals surface area contributed by atoms with E-state index in [1.54, 1.807) is 24.3 Å². The van der Waals surface area contributed by atoms with Gasteiger partial charge in [0.2, 0.25) is 0 Å². The first-order valence-corrected chi connectivity index (χ1v) is 6.26. The summed E-state index contributed by atoms with van der Waals surface area (Å²) in [6.45, 7) is 1.36. The zero-order chi connectivity index (χ0) is 14.8. The summed E-state index contributed by atoms with van der Waals surface area (Å²) < 4.78 is 32.1. The average Bonchev–Trinajstić information content (AvgIpc) is 2.46. The van der Waals surface area contributed by atoms with Crippen LogP contribution in [-0.4, -0.2) is 18.5 Å². The fourth-order valence-corrected chi connectivity index (χ4v) is 1.96. The summed E-state index contributed by atoms with van der Waals surface area (Å²) in [4.78, 5) is 11.3. The van der Waals surface area contributed by atoms with E-state index in [2.05, 4.69) is 4.74 Å². The molecule has 106 valence electrons. The third kappa shape index (κ3) is 2.63. The number of hydrogen-bond acceptors (Lipinski definition) is 3. The molecule has 2 aromatic carbocycles. The van der Waals surface area contributed by atoms with Gasteiger partial charge in [0, 0.05) is 0 Å². The van der Waals surface area contributed by atoms with Crippen molar-refractivity contribution in [1.29, 1.82) is 0 Å². The first-order chi connectivity index (χ1) is 9.46. The van der Waals surface area contributed by atoms with Crippen LogP contribution in [0.2, 0.25) is 0 Å². The van der Waals surface area contributed by atoms with Crippen molar-refractivity contribution in [2.45, 2.75) is 18.9 Å². The number of carbonyl (C=O) groups excluding carboxylic acids is 1. The van der Waals surface area contributed by atoms with Crippen molar-refractivity contribution in [3.8, 4) is 0 Å². The molecule has 0 unspecified atom stereocenters. The summed E-state index contributed by atoms with van der Waals surface area (Å²) in [5.74, 6) is -5.35. The molecule has 5 heteroatoms. The standard InChI is InChI=1S/C15H15F2NO2/c1-2-20-14(19)15(16,17)13(18)12-8-7-10-5-3-4-6-11(10)9-12/h3-9,13H,2,18H2,1H3/t13-/m0/s1. The third-order valence-electron chi connectivity index (χ3n) is 3.07. The number of hydrogen-bond donors (Lipinski definition) is 1. The van der Waals surface area contributed by atoms with Crippen molar-refractivity contribution in [2.75, 3.05) is 6.61 Å². The lowest BCUT2D eigenvalue weighted by atomic mass is 9.98. The zero-order valence-electron chi connectivity index (χ0n) is 11.0. The van der Waals surface area contributed by atoms with Gasteiger partial charge in [-0.2, -0.15) is 8.78 Å².